The first kappa shape index (κ1) is 11.8. The van der Waals surface area contributed by atoms with Crippen LogP contribution in [-0.4, -0.2) is 30.3 Å². The smallest absolute Gasteiger partial charge is 0.149 e. The molecule has 2 nitrogen and oxygen atoms in total. The van der Waals surface area contributed by atoms with Crippen molar-refractivity contribution in [1.82, 2.24) is 4.90 Å². The molecule has 0 amide bonds. The molecule has 1 heterocycles. The maximum Gasteiger partial charge on any atom is 0.149 e. The Labute approximate surface area is 101 Å². The van der Waals surface area contributed by atoms with Crippen molar-refractivity contribution in [2.45, 2.75) is 38.1 Å². The molecule has 16 heavy (non-hydrogen) atoms. The number of rotatable bonds is 4. The van der Waals surface area contributed by atoms with E-state index in [-0.39, 0.29) is 6.04 Å². The van der Waals surface area contributed by atoms with Gasteiger partial charge in [0.15, 0.2) is 0 Å². The summed E-state index contributed by atoms with van der Waals surface area (Å²) >= 11 is 1.80. The molecule has 1 aromatic rings. The SMILES string of the molecule is CN(CCc1cccs1)C1CCCCC1=O. The van der Waals surface area contributed by atoms with Crippen LogP contribution in [0.4, 0.5) is 0 Å². The van der Waals surface area contributed by atoms with E-state index in [4.69, 9.17) is 0 Å². The first-order valence-electron chi connectivity index (χ1n) is 6.02. The van der Waals surface area contributed by atoms with Crippen molar-refractivity contribution in [3.63, 3.8) is 0 Å². The third kappa shape index (κ3) is 2.92. The zero-order chi connectivity index (χ0) is 11.4. The molecule has 3 heteroatoms. The van der Waals surface area contributed by atoms with Crippen LogP contribution < -0.4 is 0 Å². The average Bonchev–Trinajstić information content (AvgIpc) is 2.79. The predicted molar refractivity (Wildman–Crippen MR) is 67.9 cm³/mol. The molecule has 0 aliphatic heterocycles. The highest BCUT2D eigenvalue weighted by Crippen LogP contribution is 2.19. The van der Waals surface area contributed by atoms with Gasteiger partial charge in [0.2, 0.25) is 0 Å². The topological polar surface area (TPSA) is 20.3 Å². The lowest BCUT2D eigenvalue weighted by atomic mass is 9.93. The van der Waals surface area contributed by atoms with Crippen molar-refractivity contribution in [2.24, 2.45) is 0 Å². The highest BCUT2D eigenvalue weighted by atomic mass is 32.1. The van der Waals surface area contributed by atoms with Crippen LogP contribution >= 0.6 is 11.3 Å². The summed E-state index contributed by atoms with van der Waals surface area (Å²) in [6.07, 6.45) is 5.21. The number of carbonyl (C=O) groups excluding carboxylic acids is 1. The molecule has 0 bridgehead atoms. The fourth-order valence-electron chi connectivity index (χ4n) is 2.33. The summed E-state index contributed by atoms with van der Waals surface area (Å²) in [4.78, 5) is 15.4. The van der Waals surface area contributed by atoms with E-state index in [1.54, 1.807) is 11.3 Å². The van der Waals surface area contributed by atoms with Gasteiger partial charge in [-0.15, -0.1) is 11.3 Å². The van der Waals surface area contributed by atoms with Crippen molar-refractivity contribution in [3.05, 3.63) is 22.4 Å². The molecule has 88 valence electrons. The lowest BCUT2D eigenvalue weighted by Gasteiger charge is -2.29. The van der Waals surface area contributed by atoms with E-state index in [1.165, 1.54) is 11.3 Å². The zero-order valence-corrected chi connectivity index (χ0v) is 10.6. The van der Waals surface area contributed by atoms with Gasteiger partial charge in [-0.3, -0.25) is 9.69 Å². The standard InChI is InChI=1S/C13H19NOS/c1-14(9-8-11-5-4-10-16-11)12-6-2-3-7-13(12)15/h4-5,10,12H,2-3,6-9H2,1H3. The Kier molecular flexibility index (Phi) is 4.13. The van der Waals surface area contributed by atoms with Gasteiger partial charge in [-0.05, 0) is 37.8 Å². The van der Waals surface area contributed by atoms with Gasteiger partial charge < -0.3 is 0 Å². The van der Waals surface area contributed by atoms with Gasteiger partial charge in [0.25, 0.3) is 0 Å². The van der Waals surface area contributed by atoms with Crippen LogP contribution in [0.2, 0.25) is 0 Å². The van der Waals surface area contributed by atoms with Crippen LogP contribution in [0.1, 0.15) is 30.6 Å². The number of carbonyl (C=O) groups is 1. The van der Waals surface area contributed by atoms with E-state index in [0.717, 1.165) is 32.2 Å². The zero-order valence-electron chi connectivity index (χ0n) is 9.82. The first-order valence-corrected chi connectivity index (χ1v) is 6.90. The van der Waals surface area contributed by atoms with Crippen LogP contribution in [-0.2, 0) is 11.2 Å². The van der Waals surface area contributed by atoms with Gasteiger partial charge in [0, 0.05) is 17.8 Å². The highest BCUT2D eigenvalue weighted by molar-refractivity contribution is 7.09. The molecular weight excluding hydrogens is 218 g/mol. The molecule has 1 aliphatic rings. The Morgan fingerprint density at radius 3 is 3.06 bits per heavy atom. The Balaban J connectivity index is 1.82. The van der Waals surface area contributed by atoms with E-state index in [9.17, 15) is 4.79 Å². The molecule has 0 saturated heterocycles. The number of Topliss-reactive ketones (excluding diaryl/α,β-unsaturated/α-hetero) is 1. The molecule has 0 aromatic carbocycles. The molecule has 2 rings (SSSR count). The monoisotopic (exact) mass is 237 g/mol. The normalized spacial score (nSPS) is 21.6. The summed E-state index contributed by atoms with van der Waals surface area (Å²) in [5.74, 6) is 0.444. The molecule has 1 saturated carbocycles. The largest absolute Gasteiger partial charge is 0.298 e. The number of thiophene rings is 1. The molecule has 1 atom stereocenters. The van der Waals surface area contributed by atoms with Crippen LogP contribution in [0.5, 0.6) is 0 Å². The minimum absolute atomic E-state index is 0.189. The highest BCUT2D eigenvalue weighted by Gasteiger charge is 2.25. The maximum atomic E-state index is 11.8. The summed E-state index contributed by atoms with van der Waals surface area (Å²) in [5.41, 5.74) is 0. The van der Waals surface area contributed by atoms with Crippen LogP contribution in [0.3, 0.4) is 0 Å². The third-order valence-electron chi connectivity index (χ3n) is 3.35. The second kappa shape index (κ2) is 5.60. The Bertz CT molecular complexity index is 334. The lowest BCUT2D eigenvalue weighted by molar-refractivity contribution is -0.125. The minimum atomic E-state index is 0.189. The first-order chi connectivity index (χ1) is 7.77. The van der Waals surface area contributed by atoms with Gasteiger partial charge in [0.1, 0.15) is 5.78 Å². The number of hydrogen-bond donors (Lipinski definition) is 0. The molecule has 0 radical (unpaired) electrons. The van der Waals surface area contributed by atoms with Crippen LogP contribution in [0.25, 0.3) is 0 Å². The number of ketones is 1. The Morgan fingerprint density at radius 2 is 2.38 bits per heavy atom. The quantitative estimate of drug-likeness (QED) is 0.802. The van der Waals surface area contributed by atoms with E-state index in [0.29, 0.717) is 5.78 Å². The second-order valence-electron chi connectivity index (χ2n) is 4.54. The van der Waals surface area contributed by atoms with Crippen molar-refractivity contribution < 1.29 is 4.79 Å². The van der Waals surface area contributed by atoms with Crippen molar-refractivity contribution in [2.75, 3.05) is 13.6 Å². The van der Waals surface area contributed by atoms with Gasteiger partial charge in [-0.25, -0.2) is 0 Å². The van der Waals surface area contributed by atoms with Gasteiger partial charge in [0.05, 0.1) is 6.04 Å². The molecule has 1 aliphatic carbocycles. The average molecular weight is 237 g/mol. The van der Waals surface area contributed by atoms with E-state index >= 15 is 0 Å². The van der Waals surface area contributed by atoms with Crippen molar-refractivity contribution in [3.8, 4) is 0 Å². The fraction of sp³-hybridized carbons (Fsp3) is 0.615. The number of likely N-dealkylation sites (N-methyl/N-ethyl adjacent to an activating group) is 1. The minimum Gasteiger partial charge on any atom is -0.298 e. The summed E-state index contributed by atoms with van der Waals surface area (Å²) in [7, 11) is 2.08. The lowest BCUT2D eigenvalue weighted by Crippen LogP contribution is -2.41. The second-order valence-corrected chi connectivity index (χ2v) is 5.57. The molecule has 0 spiro atoms. The Morgan fingerprint density at radius 1 is 1.50 bits per heavy atom. The van der Waals surface area contributed by atoms with Gasteiger partial charge in [-0.2, -0.15) is 0 Å². The summed E-state index contributed by atoms with van der Waals surface area (Å²) in [6.45, 7) is 0.997. The van der Waals surface area contributed by atoms with Crippen molar-refractivity contribution in [1.29, 1.82) is 0 Å². The molecule has 0 N–H and O–H groups in total. The number of nitrogens with zero attached hydrogens (tertiary/aromatic N) is 1. The van der Waals surface area contributed by atoms with E-state index in [2.05, 4.69) is 29.5 Å². The maximum absolute atomic E-state index is 11.8. The molecule has 1 fully saturated rings. The fourth-order valence-corrected chi connectivity index (χ4v) is 3.03. The molecule has 1 unspecified atom stereocenters. The molecule has 1 aromatic heterocycles. The van der Waals surface area contributed by atoms with Crippen LogP contribution in [0.15, 0.2) is 17.5 Å². The molecular formula is C13H19NOS. The van der Waals surface area contributed by atoms with E-state index in [1.807, 2.05) is 0 Å². The summed E-state index contributed by atoms with van der Waals surface area (Å²) in [5, 5.41) is 2.11. The number of hydrogen-bond acceptors (Lipinski definition) is 3. The summed E-state index contributed by atoms with van der Waals surface area (Å²) in [6, 6.07) is 4.45. The van der Waals surface area contributed by atoms with Gasteiger partial charge >= 0.3 is 0 Å². The summed E-state index contributed by atoms with van der Waals surface area (Å²) < 4.78 is 0. The Hall–Kier alpha value is -0.670. The van der Waals surface area contributed by atoms with Crippen LogP contribution in [0, 0.1) is 0 Å². The van der Waals surface area contributed by atoms with E-state index < -0.39 is 0 Å². The predicted octanol–water partition coefficient (Wildman–Crippen LogP) is 2.73. The van der Waals surface area contributed by atoms with Crippen molar-refractivity contribution >= 4 is 17.1 Å². The third-order valence-corrected chi connectivity index (χ3v) is 4.28. The van der Waals surface area contributed by atoms with Gasteiger partial charge in [-0.1, -0.05) is 12.5 Å².